The molecule has 0 radical (unpaired) electrons. The molecule has 0 N–H and O–H groups in total. The lowest BCUT2D eigenvalue weighted by Gasteiger charge is -2.20. The lowest BCUT2D eigenvalue weighted by molar-refractivity contribution is -0.157. The molecule has 0 amide bonds. The first-order chi connectivity index (χ1) is 9.08. The molecule has 1 fully saturated rings. The zero-order valence-electron chi connectivity index (χ0n) is 11.6. The number of sulfone groups is 1. The minimum atomic E-state index is -4.18. The number of alkyl halides is 1. The van der Waals surface area contributed by atoms with Gasteiger partial charge in [0.25, 0.3) is 0 Å². The van der Waals surface area contributed by atoms with Crippen LogP contribution in [0.15, 0.2) is 35.2 Å². The van der Waals surface area contributed by atoms with E-state index in [-0.39, 0.29) is 11.3 Å². The van der Waals surface area contributed by atoms with Gasteiger partial charge in [0, 0.05) is 6.42 Å². The van der Waals surface area contributed by atoms with Crippen LogP contribution in [0.3, 0.4) is 0 Å². The van der Waals surface area contributed by atoms with E-state index < -0.39 is 32.3 Å². The third-order valence-electron chi connectivity index (χ3n) is 3.03. The molecule has 2 atom stereocenters. The average molecular weight is 300 g/mol. The summed E-state index contributed by atoms with van der Waals surface area (Å²) in [5, 5.41) is -2.54. The summed E-state index contributed by atoms with van der Waals surface area (Å²) >= 11 is 0. The highest BCUT2D eigenvalue weighted by Gasteiger charge is 2.70. The van der Waals surface area contributed by atoms with Crippen molar-refractivity contribution in [2.24, 2.45) is 5.92 Å². The van der Waals surface area contributed by atoms with Crippen molar-refractivity contribution in [3.05, 3.63) is 30.3 Å². The first kappa shape index (κ1) is 15.0. The van der Waals surface area contributed by atoms with Crippen LogP contribution in [0.2, 0.25) is 0 Å². The molecule has 6 heteroatoms. The van der Waals surface area contributed by atoms with Gasteiger partial charge in [0.05, 0.1) is 4.90 Å². The third kappa shape index (κ3) is 2.57. The van der Waals surface area contributed by atoms with Crippen molar-refractivity contribution >= 4 is 15.8 Å². The van der Waals surface area contributed by atoms with Crippen molar-refractivity contribution in [1.82, 2.24) is 0 Å². The second-order valence-corrected chi connectivity index (χ2v) is 8.05. The first-order valence-corrected chi connectivity index (χ1v) is 7.78. The van der Waals surface area contributed by atoms with Crippen LogP contribution < -0.4 is 0 Å². The van der Waals surface area contributed by atoms with E-state index >= 15 is 0 Å². The average Bonchev–Trinajstić information content (AvgIpc) is 3.03. The van der Waals surface area contributed by atoms with E-state index in [2.05, 4.69) is 0 Å². The Morgan fingerprint density at radius 2 is 1.85 bits per heavy atom. The summed E-state index contributed by atoms with van der Waals surface area (Å²) in [6.45, 7) is 4.96. The number of carbonyl (C=O) groups excluding carboxylic acids is 1. The molecule has 2 rings (SSSR count). The van der Waals surface area contributed by atoms with Crippen LogP contribution >= 0.6 is 0 Å². The Kier molecular flexibility index (Phi) is 3.40. The van der Waals surface area contributed by atoms with Gasteiger partial charge in [-0.25, -0.2) is 12.8 Å². The van der Waals surface area contributed by atoms with Crippen molar-refractivity contribution < 1.29 is 22.3 Å². The van der Waals surface area contributed by atoms with Gasteiger partial charge in [-0.05, 0) is 32.9 Å². The Morgan fingerprint density at radius 3 is 2.35 bits per heavy atom. The number of hydrogen-bond donors (Lipinski definition) is 0. The predicted octanol–water partition coefficient (Wildman–Crippen LogP) is 2.49. The molecular formula is C14H17FO4S. The smallest absolute Gasteiger partial charge is 0.314 e. The molecule has 0 aromatic heterocycles. The quantitative estimate of drug-likeness (QED) is 0.805. The number of carbonyl (C=O) groups is 1. The monoisotopic (exact) mass is 300 g/mol. The van der Waals surface area contributed by atoms with E-state index in [1.807, 2.05) is 0 Å². The number of halogens is 1. The number of esters is 1. The summed E-state index contributed by atoms with van der Waals surface area (Å²) in [5.74, 6) is -2.05. The summed E-state index contributed by atoms with van der Waals surface area (Å²) in [7, 11) is -4.18. The van der Waals surface area contributed by atoms with Gasteiger partial charge in [-0.2, -0.15) is 0 Å². The molecule has 0 spiro atoms. The van der Waals surface area contributed by atoms with E-state index in [9.17, 15) is 17.6 Å². The largest absolute Gasteiger partial charge is 0.460 e. The second-order valence-electron chi connectivity index (χ2n) is 5.89. The standard InChI is InChI=1S/C14H17FO4S/c1-13(2,3)19-12(16)11-9-14(11,15)20(17,18)10-7-5-4-6-8-10/h4-8,11H,9H2,1-3H3. The summed E-state index contributed by atoms with van der Waals surface area (Å²) in [6, 6.07) is 7.31. The van der Waals surface area contributed by atoms with Gasteiger partial charge in [-0.3, -0.25) is 4.79 Å². The van der Waals surface area contributed by atoms with Crippen LogP contribution in [-0.2, 0) is 19.4 Å². The molecule has 0 aliphatic heterocycles. The van der Waals surface area contributed by atoms with Crippen LogP contribution in [0.1, 0.15) is 27.2 Å². The molecular weight excluding hydrogens is 283 g/mol. The Bertz CT molecular complexity index is 618. The maximum atomic E-state index is 14.6. The highest BCUT2D eigenvalue weighted by Crippen LogP contribution is 2.54. The minimum absolute atomic E-state index is 0.117. The zero-order chi connectivity index (χ0) is 15.2. The summed E-state index contributed by atoms with van der Waals surface area (Å²) in [4.78, 5) is 11.7. The molecule has 1 aromatic rings. The van der Waals surface area contributed by atoms with Crippen molar-refractivity contribution in [1.29, 1.82) is 0 Å². The maximum absolute atomic E-state index is 14.6. The number of benzene rings is 1. The van der Waals surface area contributed by atoms with Gasteiger partial charge in [-0.15, -0.1) is 0 Å². The fourth-order valence-corrected chi connectivity index (χ4v) is 3.71. The SMILES string of the molecule is CC(C)(C)OC(=O)C1CC1(F)S(=O)(=O)c1ccccc1. The first-order valence-electron chi connectivity index (χ1n) is 6.29. The number of hydrogen-bond acceptors (Lipinski definition) is 4. The number of rotatable bonds is 3. The van der Waals surface area contributed by atoms with Crippen molar-refractivity contribution in [3.8, 4) is 0 Å². The summed E-state index contributed by atoms with van der Waals surface area (Å²) in [6.07, 6.45) is -0.348. The Morgan fingerprint density at radius 1 is 1.30 bits per heavy atom. The predicted molar refractivity (Wildman–Crippen MR) is 71.4 cm³/mol. The third-order valence-corrected chi connectivity index (χ3v) is 5.27. The molecule has 2 unspecified atom stereocenters. The minimum Gasteiger partial charge on any atom is -0.460 e. The van der Waals surface area contributed by atoms with E-state index in [0.717, 1.165) is 0 Å². The van der Waals surface area contributed by atoms with Crippen LogP contribution in [-0.4, -0.2) is 25.0 Å². The van der Waals surface area contributed by atoms with Gasteiger partial charge in [0.15, 0.2) is 0 Å². The van der Waals surface area contributed by atoms with Gasteiger partial charge >= 0.3 is 5.97 Å². The van der Waals surface area contributed by atoms with Crippen molar-refractivity contribution in [2.75, 3.05) is 0 Å². The van der Waals surface area contributed by atoms with Crippen molar-refractivity contribution in [3.63, 3.8) is 0 Å². The van der Waals surface area contributed by atoms with E-state index in [1.165, 1.54) is 24.3 Å². The van der Waals surface area contributed by atoms with Crippen molar-refractivity contribution in [2.45, 2.75) is 42.7 Å². The Labute approximate surface area is 117 Å². The Hall–Kier alpha value is -1.43. The van der Waals surface area contributed by atoms with Gasteiger partial charge in [-0.1, -0.05) is 18.2 Å². The molecule has 110 valence electrons. The van der Waals surface area contributed by atoms with E-state index in [4.69, 9.17) is 4.74 Å². The summed E-state index contributed by atoms with van der Waals surface area (Å²) < 4.78 is 44.0. The topological polar surface area (TPSA) is 60.4 Å². The van der Waals surface area contributed by atoms with Crippen LogP contribution in [0.4, 0.5) is 4.39 Å². The molecule has 20 heavy (non-hydrogen) atoms. The lowest BCUT2D eigenvalue weighted by atomic mass is 10.2. The summed E-state index contributed by atoms with van der Waals surface area (Å²) in [5.41, 5.74) is -0.767. The molecule has 1 aliphatic carbocycles. The molecule has 1 aromatic carbocycles. The molecule has 0 saturated heterocycles. The van der Waals surface area contributed by atoms with Crippen LogP contribution in [0, 0.1) is 5.92 Å². The second kappa shape index (κ2) is 4.55. The Balaban J connectivity index is 2.21. The zero-order valence-corrected chi connectivity index (χ0v) is 12.4. The van der Waals surface area contributed by atoms with Crippen LogP contribution in [0.5, 0.6) is 0 Å². The van der Waals surface area contributed by atoms with Gasteiger partial charge in [0.2, 0.25) is 14.8 Å². The van der Waals surface area contributed by atoms with E-state index in [1.54, 1.807) is 26.8 Å². The van der Waals surface area contributed by atoms with E-state index in [0.29, 0.717) is 0 Å². The molecule has 1 saturated carbocycles. The lowest BCUT2D eigenvalue weighted by Crippen LogP contribution is -2.29. The highest BCUT2D eigenvalue weighted by atomic mass is 32.2. The van der Waals surface area contributed by atoms with Crippen LogP contribution in [0.25, 0.3) is 0 Å². The molecule has 0 heterocycles. The fraction of sp³-hybridized carbons (Fsp3) is 0.500. The van der Waals surface area contributed by atoms with Gasteiger partial charge in [0.1, 0.15) is 11.5 Å². The number of ether oxygens (including phenoxy) is 1. The molecule has 4 nitrogen and oxygen atoms in total. The normalized spacial score (nSPS) is 26.1. The molecule has 1 aliphatic rings. The van der Waals surface area contributed by atoms with Gasteiger partial charge < -0.3 is 4.74 Å². The highest BCUT2D eigenvalue weighted by molar-refractivity contribution is 7.93. The fourth-order valence-electron chi connectivity index (χ4n) is 1.94. The maximum Gasteiger partial charge on any atom is 0.314 e. The molecule has 0 bridgehead atoms.